The van der Waals surface area contributed by atoms with Gasteiger partial charge in [0.1, 0.15) is 0 Å². The maximum Gasteiger partial charge on any atom is 0.237 e. The summed E-state index contributed by atoms with van der Waals surface area (Å²) in [6.07, 6.45) is 1.98. The maximum atomic E-state index is 11.5. The summed E-state index contributed by atoms with van der Waals surface area (Å²) in [5, 5.41) is 5.66. The lowest BCUT2D eigenvalue weighted by molar-refractivity contribution is -0.124. The van der Waals surface area contributed by atoms with E-state index in [2.05, 4.69) is 17.6 Å². The largest absolute Gasteiger partial charge is 0.368 e. The van der Waals surface area contributed by atoms with Gasteiger partial charge in [0.15, 0.2) is 0 Å². The Kier molecular flexibility index (Phi) is 6.03. The zero-order valence-corrected chi connectivity index (χ0v) is 10.6. The molecule has 0 rings (SSSR count). The van der Waals surface area contributed by atoms with Gasteiger partial charge in [-0.1, -0.05) is 13.3 Å². The first-order chi connectivity index (χ1) is 7.29. The van der Waals surface area contributed by atoms with E-state index in [9.17, 15) is 9.59 Å². The third-order valence-corrected chi connectivity index (χ3v) is 2.44. The van der Waals surface area contributed by atoms with Crippen molar-refractivity contribution < 1.29 is 9.59 Å². The number of hydrogen-bond acceptors (Lipinski definition) is 3. The first kappa shape index (κ1) is 14.9. The molecule has 5 heteroatoms. The molecule has 2 amide bonds. The molecule has 0 aliphatic rings. The van der Waals surface area contributed by atoms with E-state index in [-0.39, 0.29) is 18.5 Å². The minimum absolute atomic E-state index is 0.101. The molecule has 0 radical (unpaired) electrons. The highest BCUT2D eigenvalue weighted by Crippen LogP contribution is 1.99. The molecular formula is C11H23N3O2. The molecule has 1 atom stereocenters. The summed E-state index contributed by atoms with van der Waals surface area (Å²) in [6, 6.07) is 0.163. The Morgan fingerprint density at radius 2 is 1.94 bits per heavy atom. The Bertz CT molecular complexity index is 252. The molecule has 0 aromatic carbocycles. The number of rotatable bonds is 7. The molecule has 0 aromatic heterocycles. The van der Waals surface area contributed by atoms with Crippen molar-refractivity contribution in [2.75, 3.05) is 6.54 Å². The van der Waals surface area contributed by atoms with Crippen LogP contribution in [-0.4, -0.2) is 29.9 Å². The fraction of sp³-hybridized carbons (Fsp3) is 0.818. The van der Waals surface area contributed by atoms with Gasteiger partial charge in [0.25, 0.3) is 0 Å². The predicted molar refractivity (Wildman–Crippen MR) is 63.8 cm³/mol. The van der Waals surface area contributed by atoms with E-state index in [1.54, 1.807) is 13.8 Å². The summed E-state index contributed by atoms with van der Waals surface area (Å²) in [4.78, 5) is 22.5. The third-order valence-electron chi connectivity index (χ3n) is 2.44. The Morgan fingerprint density at radius 1 is 1.38 bits per heavy atom. The highest BCUT2D eigenvalue weighted by Gasteiger charge is 2.24. The normalized spacial score (nSPS) is 13.2. The number of hydrogen-bond donors (Lipinski definition) is 3. The van der Waals surface area contributed by atoms with Gasteiger partial charge in [-0.05, 0) is 27.2 Å². The molecule has 5 nitrogen and oxygen atoms in total. The van der Waals surface area contributed by atoms with Crippen molar-refractivity contribution in [2.45, 2.75) is 52.1 Å². The molecule has 1 unspecified atom stereocenters. The Hall–Kier alpha value is -1.10. The summed E-state index contributed by atoms with van der Waals surface area (Å²) in [7, 11) is 0. The molecule has 4 N–H and O–H groups in total. The average molecular weight is 229 g/mol. The van der Waals surface area contributed by atoms with E-state index < -0.39 is 11.4 Å². The number of carbonyl (C=O) groups is 2. The Labute approximate surface area is 97.2 Å². The van der Waals surface area contributed by atoms with Gasteiger partial charge in [-0.25, -0.2) is 0 Å². The van der Waals surface area contributed by atoms with Crippen LogP contribution in [0.5, 0.6) is 0 Å². The number of primary amides is 1. The lowest BCUT2D eigenvalue weighted by atomic mass is 10.1. The van der Waals surface area contributed by atoms with Crippen LogP contribution in [0.1, 0.15) is 40.5 Å². The highest BCUT2D eigenvalue weighted by molar-refractivity contribution is 5.85. The molecule has 0 aromatic rings. The van der Waals surface area contributed by atoms with Gasteiger partial charge in [-0.15, -0.1) is 0 Å². The number of amides is 2. The molecule has 0 aliphatic heterocycles. The van der Waals surface area contributed by atoms with Gasteiger partial charge >= 0.3 is 0 Å². The van der Waals surface area contributed by atoms with E-state index in [0.717, 1.165) is 12.8 Å². The van der Waals surface area contributed by atoms with Crippen LogP contribution in [0.2, 0.25) is 0 Å². The molecule has 0 bridgehead atoms. The van der Waals surface area contributed by atoms with Gasteiger partial charge < -0.3 is 11.1 Å². The summed E-state index contributed by atoms with van der Waals surface area (Å²) in [6.45, 7) is 7.43. The van der Waals surface area contributed by atoms with Crippen LogP contribution in [0.4, 0.5) is 0 Å². The maximum absolute atomic E-state index is 11.5. The average Bonchev–Trinajstić information content (AvgIpc) is 2.15. The van der Waals surface area contributed by atoms with Crippen molar-refractivity contribution in [2.24, 2.45) is 5.73 Å². The molecular weight excluding hydrogens is 206 g/mol. The van der Waals surface area contributed by atoms with Crippen LogP contribution >= 0.6 is 0 Å². The zero-order valence-electron chi connectivity index (χ0n) is 10.6. The molecule has 94 valence electrons. The van der Waals surface area contributed by atoms with E-state index in [1.807, 2.05) is 6.92 Å². The Balaban J connectivity index is 3.94. The lowest BCUT2D eigenvalue weighted by Crippen LogP contribution is -2.53. The van der Waals surface area contributed by atoms with Gasteiger partial charge in [0.2, 0.25) is 11.8 Å². The second-order valence-corrected chi connectivity index (χ2v) is 4.60. The predicted octanol–water partition coefficient (Wildman–Crippen LogP) is 0.145. The van der Waals surface area contributed by atoms with Crippen molar-refractivity contribution in [3.8, 4) is 0 Å². The SMILES string of the molecule is CCCC(C)NC(=O)CNC(C)(C)C(N)=O. The monoisotopic (exact) mass is 229 g/mol. The Morgan fingerprint density at radius 3 is 2.38 bits per heavy atom. The van der Waals surface area contributed by atoms with Gasteiger partial charge in [-0.2, -0.15) is 0 Å². The molecule has 0 aliphatic carbocycles. The second-order valence-electron chi connectivity index (χ2n) is 4.60. The highest BCUT2D eigenvalue weighted by atomic mass is 16.2. The van der Waals surface area contributed by atoms with Crippen LogP contribution in [0.25, 0.3) is 0 Å². The minimum Gasteiger partial charge on any atom is -0.368 e. The fourth-order valence-electron chi connectivity index (χ4n) is 1.22. The third kappa shape index (κ3) is 5.70. The van der Waals surface area contributed by atoms with Crippen LogP contribution in [0.15, 0.2) is 0 Å². The van der Waals surface area contributed by atoms with Crippen molar-refractivity contribution in [3.63, 3.8) is 0 Å². The summed E-state index contributed by atoms with van der Waals surface area (Å²) in [5.41, 5.74) is 4.32. The van der Waals surface area contributed by atoms with E-state index in [0.29, 0.717) is 0 Å². The minimum atomic E-state index is -0.856. The summed E-state index contributed by atoms with van der Waals surface area (Å²) < 4.78 is 0. The summed E-state index contributed by atoms with van der Waals surface area (Å²) in [5.74, 6) is -0.586. The first-order valence-electron chi connectivity index (χ1n) is 5.64. The van der Waals surface area contributed by atoms with Crippen molar-refractivity contribution in [1.29, 1.82) is 0 Å². The zero-order chi connectivity index (χ0) is 12.8. The van der Waals surface area contributed by atoms with Crippen molar-refractivity contribution >= 4 is 11.8 Å². The smallest absolute Gasteiger partial charge is 0.237 e. The quantitative estimate of drug-likeness (QED) is 0.581. The molecule has 0 spiro atoms. The molecule has 16 heavy (non-hydrogen) atoms. The first-order valence-corrected chi connectivity index (χ1v) is 5.64. The van der Waals surface area contributed by atoms with Crippen LogP contribution < -0.4 is 16.4 Å². The van der Waals surface area contributed by atoms with Crippen molar-refractivity contribution in [1.82, 2.24) is 10.6 Å². The second kappa shape index (κ2) is 6.48. The lowest BCUT2D eigenvalue weighted by Gasteiger charge is -2.22. The van der Waals surface area contributed by atoms with E-state index in [4.69, 9.17) is 5.73 Å². The van der Waals surface area contributed by atoms with E-state index in [1.165, 1.54) is 0 Å². The van der Waals surface area contributed by atoms with Gasteiger partial charge in [0.05, 0.1) is 12.1 Å². The fourth-order valence-corrected chi connectivity index (χ4v) is 1.22. The van der Waals surface area contributed by atoms with Gasteiger partial charge in [0, 0.05) is 6.04 Å². The molecule has 0 saturated heterocycles. The molecule has 0 saturated carbocycles. The standard InChI is InChI=1S/C11H23N3O2/c1-5-6-8(2)14-9(15)7-13-11(3,4)10(12)16/h8,13H,5-7H2,1-4H3,(H2,12,16)(H,14,15). The summed E-state index contributed by atoms with van der Waals surface area (Å²) >= 11 is 0. The molecule has 0 heterocycles. The van der Waals surface area contributed by atoms with Gasteiger partial charge in [-0.3, -0.25) is 14.9 Å². The van der Waals surface area contributed by atoms with E-state index >= 15 is 0 Å². The van der Waals surface area contributed by atoms with Crippen LogP contribution in [-0.2, 0) is 9.59 Å². The van der Waals surface area contributed by atoms with Crippen LogP contribution in [0, 0.1) is 0 Å². The number of nitrogens with one attached hydrogen (secondary N) is 2. The van der Waals surface area contributed by atoms with Crippen molar-refractivity contribution in [3.05, 3.63) is 0 Å². The number of nitrogens with two attached hydrogens (primary N) is 1. The van der Waals surface area contributed by atoms with Crippen LogP contribution in [0.3, 0.4) is 0 Å². The topological polar surface area (TPSA) is 84.2 Å². The molecule has 0 fully saturated rings. The number of carbonyl (C=O) groups excluding carboxylic acids is 2.